The van der Waals surface area contributed by atoms with Crippen LogP contribution in [0, 0.1) is 23.7 Å². The van der Waals surface area contributed by atoms with Gasteiger partial charge in [-0.05, 0) is 49.4 Å². The molecule has 7 atom stereocenters. The number of esters is 4. The van der Waals surface area contributed by atoms with E-state index in [0.717, 1.165) is 114 Å². The van der Waals surface area contributed by atoms with Crippen LogP contribution in [0.5, 0.6) is 0 Å². The standard InChI is InChI=1S/C76H148O17P2/c1-9-68(7)54-46-38-29-23-18-20-25-31-40-48-56-73(78)86-62-71(92-75(80)58-50-42-32-26-17-15-13-11-12-14-16-22-28-36-44-52-66(3)4)64-90-94(82,83)88-60-70(77)61-89-95(84,85)91-65-72(63-87-74(79)57-49-41-35-34-37-45-53-67(5)6)93-76(81)59-51-43-33-27-21-19-24-30-39-47-55-69(8)10-2/h66-72,77H,9-65H2,1-8H3,(H,82,83)(H,84,85)/t68?,69?,70-,71-,72-/m1/s1. The zero-order valence-corrected chi connectivity index (χ0v) is 64.1. The summed E-state index contributed by atoms with van der Waals surface area (Å²) in [4.78, 5) is 72.8. The molecule has 95 heavy (non-hydrogen) atoms. The molecule has 4 unspecified atom stereocenters. The first-order valence-corrected chi connectivity index (χ1v) is 42.3. The summed E-state index contributed by atoms with van der Waals surface area (Å²) < 4.78 is 68.5. The fraction of sp³-hybridized carbons (Fsp3) is 0.947. The van der Waals surface area contributed by atoms with Crippen LogP contribution in [0.15, 0.2) is 0 Å². The van der Waals surface area contributed by atoms with E-state index in [1.165, 1.54) is 180 Å². The van der Waals surface area contributed by atoms with Crippen LogP contribution in [0.1, 0.15) is 383 Å². The van der Waals surface area contributed by atoms with E-state index in [1.54, 1.807) is 0 Å². The first-order chi connectivity index (χ1) is 45.7. The summed E-state index contributed by atoms with van der Waals surface area (Å²) in [6, 6.07) is 0. The Labute approximate surface area is 581 Å². The minimum atomic E-state index is -4.96. The van der Waals surface area contributed by atoms with Crippen LogP contribution in [0.2, 0.25) is 0 Å². The Hall–Kier alpha value is -1.94. The van der Waals surface area contributed by atoms with Crippen LogP contribution in [-0.2, 0) is 65.4 Å². The SMILES string of the molecule is CCC(C)CCCCCCCCCCCCC(=O)OC[C@H](COP(=O)(O)OC[C@@H](O)COP(=O)(O)OC[C@@H](COC(=O)CCCCCCCCC(C)C)OC(=O)CCCCCCCCCCCCC(C)CC)OC(=O)CCCCCCCCCCCCCCCCCC(C)C. The molecule has 0 rings (SSSR count). The van der Waals surface area contributed by atoms with Gasteiger partial charge in [0.25, 0.3) is 0 Å². The van der Waals surface area contributed by atoms with E-state index in [2.05, 4.69) is 55.4 Å². The summed E-state index contributed by atoms with van der Waals surface area (Å²) in [5.74, 6) is 0.972. The van der Waals surface area contributed by atoms with Crippen molar-refractivity contribution in [2.75, 3.05) is 39.6 Å². The number of hydrogen-bond acceptors (Lipinski definition) is 15. The third kappa shape index (κ3) is 67.6. The highest BCUT2D eigenvalue weighted by Gasteiger charge is 2.30. The van der Waals surface area contributed by atoms with Gasteiger partial charge in [0.05, 0.1) is 26.4 Å². The van der Waals surface area contributed by atoms with E-state index >= 15 is 0 Å². The van der Waals surface area contributed by atoms with E-state index in [1.807, 2.05) is 0 Å². The molecule has 17 nitrogen and oxygen atoms in total. The summed E-state index contributed by atoms with van der Waals surface area (Å²) in [7, 11) is -9.91. The van der Waals surface area contributed by atoms with Crippen molar-refractivity contribution in [3.63, 3.8) is 0 Å². The van der Waals surface area contributed by atoms with Crippen LogP contribution in [-0.4, -0.2) is 96.7 Å². The predicted octanol–water partition coefficient (Wildman–Crippen LogP) is 22.0. The highest BCUT2D eigenvalue weighted by molar-refractivity contribution is 7.47. The molecule has 0 aromatic heterocycles. The van der Waals surface area contributed by atoms with Gasteiger partial charge in [0, 0.05) is 25.7 Å². The average Bonchev–Trinajstić information content (AvgIpc) is 2.24. The van der Waals surface area contributed by atoms with Crippen LogP contribution in [0.3, 0.4) is 0 Å². The molecule has 0 amide bonds. The molecular formula is C76H148O17P2. The number of carbonyl (C=O) groups excluding carboxylic acids is 4. The van der Waals surface area contributed by atoms with E-state index in [0.29, 0.717) is 31.6 Å². The average molecular weight is 1400 g/mol. The fourth-order valence-corrected chi connectivity index (χ4v) is 13.1. The number of rotatable bonds is 73. The number of aliphatic hydroxyl groups excluding tert-OH is 1. The van der Waals surface area contributed by atoms with Crippen molar-refractivity contribution in [2.45, 2.75) is 401 Å². The Kier molecular flexibility index (Phi) is 64.0. The summed E-state index contributed by atoms with van der Waals surface area (Å²) in [5.41, 5.74) is 0. The molecule has 0 aromatic rings. The van der Waals surface area contributed by atoms with Crippen molar-refractivity contribution in [2.24, 2.45) is 23.7 Å². The van der Waals surface area contributed by atoms with Gasteiger partial charge in [-0.2, -0.15) is 0 Å². The van der Waals surface area contributed by atoms with Gasteiger partial charge in [-0.1, -0.05) is 331 Å². The zero-order chi connectivity index (χ0) is 70.3. The van der Waals surface area contributed by atoms with Gasteiger partial charge in [-0.3, -0.25) is 37.3 Å². The summed E-state index contributed by atoms with van der Waals surface area (Å²) in [6.45, 7) is 14.2. The lowest BCUT2D eigenvalue weighted by Gasteiger charge is -2.21. The van der Waals surface area contributed by atoms with Gasteiger partial charge < -0.3 is 33.8 Å². The zero-order valence-electron chi connectivity index (χ0n) is 62.3. The Morgan fingerprint density at radius 2 is 0.505 bits per heavy atom. The molecule has 0 aliphatic heterocycles. The maximum Gasteiger partial charge on any atom is 0.472 e. The van der Waals surface area contributed by atoms with E-state index in [4.69, 9.17) is 37.0 Å². The molecule has 3 N–H and O–H groups in total. The van der Waals surface area contributed by atoms with Crippen LogP contribution < -0.4 is 0 Å². The summed E-state index contributed by atoms with van der Waals surface area (Å²) in [5, 5.41) is 10.6. The Balaban J connectivity index is 5.25. The van der Waals surface area contributed by atoms with Gasteiger partial charge in [0.2, 0.25) is 0 Å². The molecule has 0 saturated carbocycles. The van der Waals surface area contributed by atoms with E-state index in [9.17, 15) is 43.2 Å². The monoisotopic (exact) mass is 1400 g/mol. The van der Waals surface area contributed by atoms with Crippen LogP contribution in [0.4, 0.5) is 0 Å². The van der Waals surface area contributed by atoms with Crippen molar-refractivity contribution < 1.29 is 80.2 Å². The van der Waals surface area contributed by atoms with Gasteiger partial charge in [-0.15, -0.1) is 0 Å². The molecule has 0 aromatic carbocycles. The van der Waals surface area contributed by atoms with Gasteiger partial charge in [0.1, 0.15) is 19.3 Å². The number of aliphatic hydroxyl groups is 1. The second-order valence-electron chi connectivity index (χ2n) is 28.8. The molecule has 19 heteroatoms. The van der Waals surface area contributed by atoms with Crippen molar-refractivity contribution in [1.29, 1.82) is 0 Å². The van der Waals surface area contributed by atoms with E-state index in [-0.39, 0.29) is 25.7 Å². The minimum absolute atomic E-state index is 0.105. The maximum atomic E-state index is 13.1. The molecule has 0 fully saturated rings. The van der Waals surface area contributed by atoms with Crippen LogP contribution in [0.25, 0.3) is 0 Å². The van der Waals surface area contributed by atoms with Crippen molar-refractivity contribution in [1.82, 2.24) is 0 Å². The summed E-state index contributed by atoms with van der Waals surface area (Å²) >= 11 is 0. The van der Waals surface area contributed by atoms with Gasteiger partial charge in [0.15, 0.2) is 12.2 Å². The molecule has 0 aliphatic carbocycles. The number of ether oxygens (including phenoxy) is 4. The lowest BCUT2D eigenvalue weighted by molar-refractivity contribution is -0.161. The van der Waals surface area contributed by atoms with Crippen molar-refractivity contribution in [3.8, 4) is 0 Å². The molecule has 564 valence electrons. The van der Waals surface area contributed by atoms with Gasteiger partial charge in [-0.25, -0.2) is 9.13 Å². The first kappa shape index (κ1) is 93.1. The minimum Gasteiger partial charge on any atom is -0.462 e. The molecule has 0 spiro atoms. The lowest BCUT2D eigenvalue weighted by atomic mass is 9.99. The van der Waals surface area contributed by atoms with Crippen molar-refractivity contribution in [3.05, 3.63) is 0 Å². The third-order valence-electron chi connectivity index (χ3n) is 18.3. The molecule has 0 radical (unpaired) electrons. The second kappa shape index (κ2) is 65.4. The second-order valence-corrected chi connectivity index (χ2v) is 31.7. The number of phosphoric acid groups is 2. The first-order valence-electron chi connectivity index (χ1n) is 39.3. The van der Waals surface area contributed by atoms with Gasteiger partial charge >= 0.3 is 39.5 Å². The highest BCUT2D eigenvalue weighted by atomic mass is 31.2. The molecule has 0 heterocycles. The number of phosphoric ester groups is 2. The highest BCUT2D eigenvalue weighted by Crippen LogP contribution is 2.45. The smallest absolute Gasteiger partial charge is 0.462 e. The quantitative estimate of drug-likeness (QED) is 0.0222. The fourth-order valence-electron chi connectivity index (χ4n) is 11.5. The third-order valence-corrected chi connectivity index (χ3v) is 20.2. The normalized spacial score (nSPS) is 14.7. The Morgan fingerprint density at radius 3 is 0.747 bits per heavy atom. The van der Waals surface area contributed by atoms with E-state index < -0.39 is 97.5 Å². The molecule has 0 bridgehead atoms. The Bertz CT molecular complexity index is 1870. The number of hydrogen-bond donors (Lipinski definition) is 3. The van der Waals surface area contributed by atoms with Crippen molar-refractivity contribution >= 4 is 39.5 Å². The number of unbranched alkanes of at least 4 members (excludes halogenated alkanes) is 37. The molecule has 0 saturated heterocycles. The Morgan fingerprint density at radius 1 is 0.295 bits per heavy atom. The predicted molar refractivity (Wildman–Crippen MR) is 386 cm³/mol. The largest absolute Gasteiger partial charge is 0.472 e. The number of carbonyl (C=O) groups is 4. The summed E-state index contributed by atoms with van der Waals surface area (Å²) in [6.07, 6.45) is 49.9. The topological polar surface area (TPSA) is 237 Å². The van der Waals surface area contributed by atoms with Crippen LogP contribution >= 0.6 is 15.6 Å². The molecular weight excluding hydrogens is 1250 g/mol. The maximum absolute atomic E-state index is 13.1. The lowest BCUT2D eigenvalue weighted by Crippen LogP contribution is -2.30. The molecule has 0 aliphatic rings.